The highest BCUT2D eigenvalue weighted by molar-refractivity contribution is 6.46. The zero-order valence-corrected chi connectivity index (χ0v) is 20.2. The van der Waals surface area contributed by atoms with Gasteiger partial charge in [0.05, 0.1) is 17.7 Å². The van der Waals surface area contributed by atoms with Gasteiger partial charge < -0.3 is 24.4 Å². The van der Waals surface area contributed by atoms with Gasteiger partial charge in [0.2, 0.25) is 0 Å². The lowest BCUT2D eigenvalue weighted by molar-refractivity contribution is -0.140. The van der Waals surface area contributed by atoms with Crippen LogP contribution in [0.25, 0.3) is 5.76 Å². The standard InChI is InChI=1S/C27H32N2O5/c1-6-17-33-21-11-9-20(10-12-21)25(30)23-24(19-7-13-22(14-8-19)34-18(2)3)29(16-15-28(4)5)27(32)26(23)31/h6-14,18,24,30H,1,15-17H2,2-5H3/t24-/m1/s1. The van der Waals surface area contributed by atoms with Crippen LogP contribution in [0.3, 0.4) is 0 Å². The van der Waals surface area contributed by atoms with Crippen LogP contribution in [-0.4, -0.2) is 66.5 Å². The quantitative estimate of drug-likeness (QED) is 0.248. The van der Waals surface area contributed by atoms with Gasteiger partial charge in [0.15, 0.2) is 0 Å². The van der Waals surface area contributed by atoms with Gasteiger partial charge in [-0.15, -0.1) is 0 Å². The molecule has 1 aliphatic rings. The lowest BCUT2D eigenvalue weighted by Gasteiger charge is -2.26. The largest absolute Gasteiger partial charge is 0.507 e. The molecule has 0 saturated carbocycles. The van der Waals surface area contributed by atoms with Gasteiger partial charge in [0, 0.05) is 18.7 Å². The van der Waals surface area contributed by atoms with Crippen LogP contribution >= 0.6 is 0 Å². The molecule has 0 bridgehead atoms. The Morgan fingerprint density at radius 2 is 1.71 bits per heavy atom. The van der Waals surface area contributed by atoms with Crippen LogP contribution in [0.5, 0.6) is 11.5 Å². The van der Waals surface area contributed by atoms with Crippen molar-refractivity contribution in [3.8, 4) is 11.5 Å². The van der Waals surface area contributed by atoms with Crippen molar-refractivity contribution in [2.45, 2.75) is 26.0 Å². The molecular weight excluding hydrogens is 432 g/mol. The molecule has 0 radical (unpaired) electrons. The number of nitrogens with zero attached hydrogens (tertiary/aromatic N) is 2. The van der Waals surface area contributed by atoms with Gasteiger partial charge in [-0.1, -0.05) is 24.8 Å². The molecule has 2 aromatic carbocycles. The van der Waals surface area contributed by atoms with E-state index in [2.05, 4.69) is 6.58 Å². The molecule has 1 fully saturated rings. The molecule has 1 atom stereocenters. The number of Topliss-reactive ketones (excluding diaryl/α,β-unsaturated/α-hetero) is 1. The van der Waals surface area contributed by atoms with Gasteiger partial charge in [0.1, 0.15) is 23.9 Å². The summed E-state index contributed by atoms with van der Waals surface area (Å²) in [5.41, 5.74) is 1.23. The second-order valence-electron chi connectivity index (χ2n) is 8.66. The molecule has 0 spiro atoms. The van der Waals surface area contributed by atoms with Crippen molar-refractivity contribution in [3.63, 3.8) is 0 Å². The zero-order chi connectivity index (χ0) is 24.8. The summed E-state index contributed by atoms with van der Waals surface area (Å²) in [6, 6.07) is 13.3. The first-order chi connectivity index (χ1) is 16.2. The summed E-state index contributed by atoms with van der Waals surface area (Å²) in [4.78, 5) is 29.6. The Balaban J connectivity index is 2.04. The third kappa shape index (κ3) is 5.66. The number of hydrogen-bond donors (Lipinski definition) is 1. The molecule has 3 rings (SSSR count). The third-order valence-electron chi connectivity index (χ3n) is 5.39. The maximum Gasteiger partial charge on any atom is 0.295 e. The maximum atomic E-state index is 13.1. The van der Waals surface area contributed by atoms with E-state index in [0.717, 1.165) is 5.56 Å². The van der Waals surface area contributed by atoms with Crippen molar-refractivity contribution in [3.05, 3.63) is 77.9 Å². The van der Waals surface area contributed by atoms with Crippen LogP contribution < -0.4 is 9.47 Å². The summed E-state index contributed by atoms with van der Waals surface area (Å²) < 4.78 is 11.2. The molecule has 1 N–H and O–H groups in total. The van der Waals surface area contributed by atoms with E-state index in [1.54, 1.807) is 30.3 Å². The van der Waals surface area contributed by atoms with E-state index in [1.165, 1.54) is 4.90 Å². The number of aliphatic hydroxyl groups is 1. The first kappa shape index (κ1) is 25.1. The van der Waals surface area contributed by atoms with Crippen molar-refractivity contribution < 1.29 is 24.2 Å². The number of aliphatic hydroxyl groups excluding tert-OH is 1. The van der Waals surface area contributed by atoms with Gasteiger partial charge in [0.25, 0.3) is 11.7 Å². The highest BCUT2D eigenvalue weighted by Gasteiger charge is 2.45. The smallest absolute Gasteiger partial charge is 0.295 e. The fourth-order valence-corrected chi connectivity index (χ4v) is 3.79. The molecule has 1 saturated heterocycles. The highest BCUT2D eigenvalue weighted by atomic mass is 16.5. The highest BCUT2D eigenvalue weighted by Crippen LogP contribution is 2.39. The molecule has 2 aromatic rings. The van der Waals surface area contributed by atoms with Crippen molar-refractivity contribution in [1.82, 2.24) is 9.80 Å². The normalized spacial score (nSPS) is 17.5. The van der Waals surface area contributed by atoms with E-state index in [0.29, 0.717) is 36.8 Å². The fourth-order valence-electron chi connectivity index (χ4n) is 3.79. The summed E-state index contributed by atoms with van der Waals surface area (Å²) in [6.45, 7) is 8.79. The third-order valence-corrected chi connectivity index (χ3v) is 5.39. The van der Waals surface area contributed by atoms with Crippen molar-refractivity contribution in [2.24, 2.45) is 0 Å². The van der Waals surface area contributed by atoms with Crippen molar-refractivity contribution in [1.29, 1.82) is 0 Å². The molecule has 0 unspecified atom stereocenters. The minimum Gasteiger partial charge on any atom is -0.507 e. The molecule has 1 aliphatic heterocycles. The number of likely N-dealkylation sites (N-methyl/N-ethyl adjacent to an activating group) is 1. The molecule has 1 amide bonds. The SMILES string of the molecule is C=CCOc1ccc(C(O)=C2C(=O)C(=O)N(CCN(C)C)[C@@H]2c2ccc(OC(C)C)cc2)cc1. The minimum absolute atomic E-state index is 0.0232. The summed E-state index contributed by atoms with van der Waals surface area (Å²) in [6.07, 6.45) is 1.66. The molecule has 180 valence electrons. The van der Waals surface area contributed by atoms with Gasteiger partial charge >= 0.3 is 0 Å². The first-order valence-electron chi connectivity index (χ1n) is 11.3. The second kappa shape index (κ2) is 11.0. The van der Waals surface area contributed by atoms with Gasteiger partial charge in [-0.25, -0.2) is 0 Å². The topological polar surface area (TPSA) is 79.3 Å². The lowest BCUT2D eigenvalue weighted by atomic mass is 9.95. The Kier molecular flexibility index (Phi) is 8.12. The number of likely N-dealkylation sites (tertiary alicyclic amines) is 1. The van der Waals surface area contributed by atoms with E-state index in [9.17, 15) is 14.7 Å². The Hall–Kier alpha value is -3.58. The molecular formula is C27H32N2O5. The molecule has 0 aliphatic carbocycles. The number of benzene rings is 2. The predicted octanol–water partition coefficient (Wildman–Crippen LogP) is 4.02. The summed E-state index contributed by atoms with van der Waals surface area (Å²) in [5.74, 6) is -0.231. The van der Waals surface area contributed by atoms with Crippen LogP contribution in [-0.2, 0) is 9.59 Å². The summed E-state index contributed by atoms with van der Waals surface area (Å²) in [7, 11) is 3.80. The average Bonchev–Trinajstić information content (AvgIpc) is 3.06. The number of carbonyl (C=O) groups is 2. The first-order valence-corrected chi connectivity index (χ1v) is 11.3. The monoisotopic (exact) mass is 464 g/mol. The zero-order valence-electron chi connectivity index (χ0n) is 20.2. The number of amides is 1. The lowest BCUT2D eigenvalue weighted by Crippen LogP contribution is -2.35. The van der Waals surface area contributed by atoms with Gasteiger partial charge in [-0.05, 0) is 69.9 Å². The Labute approximate surface area is 200 Å². The minimum atomic E-state index is -0.704. The molecule has 1 heterocycles. The van der Waals surface area contributed by atoms with Crippen LogP contribution in [0, 0.1) is 0 Å². The average molecular weight is 465 g/mol. The Bertz CT molecular complexity index is 1060. The van der Waals surface area contributed by atoms with E-state index in [1.807, 2.05) is 57.1 Å². The van der Waals surface area contributed by atoms with Crippen molar-refractivity contribution >= 4 is 17.4 Å². The van der Waals surface area contributed by atoms with Crippen LogP contribution in [0.2, 0.25) is 0 Å². The van der Waals surface area contributed by atoms with E-state index >= 15 is 0 Å². The molecule has 7 nitrogen and oxygen atoms in total. The van der Waals surface area contributed by atoms with Crippen molar-refractivity contribution in [2.75, 3.05) is 33.8 Å². The molecule has 0 aromatic heterocycles. The number of rotatable bonds is 10. The predicted molar refractivity (Wildman–Crippen MR) is 132 cm³/mol. The number of ether oxygens (including phenoxy) is 2. The molecule has 34 heavy (non-hydrogen) atoms. The summed E-state index contributed by atoms with van der Waals surface area (Å²) in [5, 5.41) is 11.2. The van der Waals surface area contributed by atoms with Gasteiger partial charge in [-0.2, -0.15) is 0 Å². The van der Waals surface area contributed by atoms with E-state index in [4.69, 9.17) is 9.47 Å². The number of hydrogen-bond acceptors (Lipinski definition) is 6. The second-order valence-corrected chi connectivity index (χ2v) is 8.66. The Morgan fingerprint density at radius 3 is 2.26 bits per heavy atom. The van der Waals surface area contributed by atoms with Crippen LogP contribution in [0.15, 0.2) is 66.8 Å². The summed E-state index contributed by atoms with van der Waals surface area (Å²) >= 11 is 0. The maximum absolute atomic E-state index is 13.1. The Morgan fingerprint density at radius 1 is 1.09 bits per heavy atom. The van der Waals surface area contributed by atoms with Crippen LogP contribution in [0.1, 0.15) is 31.0 Å². The van der Waals surface area contributed by atoms with Crippen LogP contribution in [0.4, 0.5) is 0 Å². The number of ketones is 1. The fraction of sp³-hybridized carbons (Fsp3) is 0.333. The van der Waals surface area contributed by atoms with E-state index in [-0.39, 0.29) is 17.4 Å². The van der Waals surface area contributed by atoms with E-state index < -0.39 is 17.7 Å². The molecule has 7 heteroatoms. The van der Waals surface area contributed by atoms with Gasteiger partial charge in [-0.3, -0.25) is 9.59 Å². The number of carbonyl (C=O) groups excluding carboxylic acids is 2.